The Bertz CT molecular complexity index is 961. The smallest absolute Gasteiger partial charge is 0.242 e. The van der Waals surface area contributed by atoms with Crippen LogP contribution in [0.4, 0.5) is 5.69 Å². The van der Waals surface area contributed by atoms with E-state index in [-0.39, 0.29) is 22.9 Å². The Labute approximate surface area is 140 Å². The molecule has 0 saturated heterocycles. The predicted octanol–water partition coefficient (Wildman–Crippen LogP) is 1.56. The quantitative estimate of drug-likeness (QED) is 0.914. The van der Waals surface area contributed by atoms with E-state index in [0.29, 0.717) is 6.42 Å². The molecule has 7 heteroatoms. The third-order valence-corrected chi connectivity index (χ3v) is 5.44. The number of nitrogens with zero attached hydrogens (tertiary/aromatic N) is 2. The first-order chi connectivity index (χ1) is 11.4. The van der Waals surface area contributed by atoms with Gasteiger partial charge in [-0.3, -0.25) is 4.79 Å². The monoisotopic (exact) mass is 341 g/mol. The van der Waals surface area contributed by atoms with Crippen LogP contribution in [-0.4, -0.2) is 21.4 Å². The average molecular weight is 341 g/mol. The second-order valence-electron chi connectivity index (χ2n) is 5.53. The summed E-state index contributed by atoms with van der Waals surface area (Å²) in [6.07, 6.45) is 0.323. The summed E-state index contributed by atoms with van der Waals surface area (Å²) in [4.78, 5) is 13.3. The first kappa shape index (κ1) is 16.2. The van der Waals surface area contributed by atoms with Crippen molar-refractivity contribution in [2.75, 3.05) is 11.9 Å². The maximum Gasteiger partial charge on any atom is 0.242 e. The van der Waals surface area contributed by atoms with Crippen LogP contribution in [0.1, 0.15) is 16.7 Å². The minimum absolute atomic E-state index is 0.0191. The minimum atomic E-state index is -3.79. The maximum absolute atomic E-state index is 12.4. The van der Waals surface area contributed by atoms with Crippen molar-refractivity contribution in [1.29, 1.82) is 5.26 Å². The van der Waals surface area contributed by atoms with Crippen molar-refractivity contribution in [3.63, 3.8) is 0 Å². The molecule has 0 radical (unpaired) electrons. The molecular weight excluding hydrogens is 326 g/mol. The number of hydrogen-bond donors (Lipinski definition) is 1. The van der Waals surface area contributed by atoms with Crippen LogP contribution in [0.15, 0.2) is 47.4 Å². The van der Waals surface area contributed by atoms with Gasteiger partial charge in [-0.25, -0.2) is 13.1 Å². The summed E-state index contributed by atoms with van der Waals surface area (Å²) in [6.45, 7) is 0.0906. The van der Waals surface area contributed by atoms with Gasteiger partial charge in [0.05, 0.1) is 16.9 Å². The van der Waals surface area contributed by atoms with Crippen molar-refractivity contribution in [3.8, 4) is 6.07 Å². The molecule has 1 aliphatic heterocycles. The average Bonchev–Trinajstić information content (AvgIpc) is 2.87. The zero-order valence-electron chi connectivity index (χ0n) is 13.0. The molecule has 0 fully saturated rings. The molecular formula is C17H15N3O3S. The molecule has 0 aromatic heterocycles. The van der Waals surface area contributed by atoms with E-state index >= 15 is 0 Å². The van der Waals surface area contributed by atoms with Gasteiger partial charge in [-0.05, 0) is 29.3 Å². The zero-order valence-corrected chi connectivity index (χ0v) is 13.8. The number of benzene rings is 2. The van der Waals surface area contributed by atoms with Gasteiger partial charge >= 0.3 is 0 Å². The molecule has 6 nitrogen and oxygen atoms in total. The topological polar surface area (TPSA) is 90.3 Å². The molecule has 0 unspecified atom stereocenters. The lowest BCUT2D eigenvalue weighted by molar-refractivity contribution is -0.117. The van der Waals surface area contributed by atoms with Crippen LogP contribution in [0, 0.1) is 11.3 Å². The fraction of sp³-hybridized carbons (Fsp3) is 0.176. The Morgan fingerprint density at radius 3 is 2.75 bits per heavy atom. The summed E-state index contributed by atoms with van der Waals surface area (Å²) in [7, 11) is -2.07. The molecule has 2 aromatic carbocycles. The molecule has 0 bridgehead atoms. The first-order valence-corrected chi connectivity index (χ1v) is 8.78. The molecule has 1 N–H and O–H groups in total. The number of carbonyl (C=O) groups is 1. The fourth-order valence-corrected chi connectivity index (χ4v) is 3.86. The molecule has 2 aromatic rings. The predicted molar refractivity (Wildman–Crippen MR) is 88.7 cm³/mol. The van der Waals surface area contributed by atoms with E-state index in [1.165, 1.54) is 12.1 Å². The number of likely N-dealkylation sites (N-methyl/N-ethyl adjacent to an activating group) is 1. The molecule has 0 aliphatic carbocycles. The van der Waals surface area contributed by atoms with Crippen LogP contribution in [0.25, 0.3) is 0 Å². The molecule has 122 valence electrons. The normalized spacial score (nSPS) is 13.7. The number of fused-ring (bicyclic) bond motifs is 1. The van der Waals surface area contributed by atoms with Crippen LogP contribution in [-0.2, 0) is 27.8 Å². The Hall–Kier alpha value is -2.69. The minimum Gasteiger partial charge on any atom is -0.315 e. The number of hydrogen-bond acceptors (Lipinski definition) is 4. The van der Waals surface area contributed by atoms with Crippen molar-refractivity contribution in [3.05, 3.63) is 59.2 Å². The van der Waals surface area contributed by atoms with Crippen molar-refractivity contribution in [2.45, 2.75) is 17.9 Å². The maximum atomic E-state index is 12.4. The highest BCUT2D eigenvalue weighted by molar-refractivity contribution is 7.89. The second-order valence-corrected chi connectivity index (χ2v) is 7.26. The summed E-state index contributed by atoms with van der Waals surface area (Å²) in [6, 6.07) is 13.4. The van der Waals surface area contributed by atoms with Gasteiger partial charge < -0.3 is 4.90 Å². The van der Waals surface area contributed by atoms with Gasteiger partial charge in [-0.1, -0.05) is 24.3 Å². The van der Waals surface area contributed by atoms with E-state index in [2.05, 4.69) is 4.72 Å². The van der Waals surface area contributed by atoms with Crippen LogP contribution in [0.2, 0.25) is 0 Å². The van der Waals surface area contributed by atoms with Gasteiger partial charge in [0.15, 0.2) is 0 Å². The van der Waals surface area contributed by atoms with Crippen LogP contribution >= 0.6 is 0 Å². The SMILES string of the molecule is CN1C(=O)Cc2cc(CNS(=O)(=O)c3ccccc3C#N)ccc21. The van der Waals surface area contributed by atoms with Crippen LogP contribution in [0.5, 0.6) is 0 Å². The largest absolute Gasteiger partial charge is 0.315 e. The molecule has 0 atom stereocenters. The lowest BCUT2D eigenvalue weighted by atomic mass is 10.1. The Balaban J connectivity index is 1.80. The summed E-state index contributed by atoms with van der Waals surface area (Å²) in [5, 5.41) is 9.04. The van der Waals surface area contributed by atoms with Gasteiger partial charge in [0.2, 0.25) is 15.9 Å². The Morgan fingerprint density at radius 2 is 2.00 bits per heavy atom. The fourth-order valence-electron chi connectivity index (χ4n) is 2.68. The Morgan fingerprint density at radius 1 is 1.25 bits per heavy atom. The van der Waals surface area contributed by atoms with Crippen molar-refractivity contribution < 1.29 is 13.2 Å². The third-order valence-electron chi connectivity index (χ3n) is 3.98. The second kappa shape index (κ2) is 6.07. The van der Waals surface area contributed by atoms with E-state index in [9.17, 15) is 13.2 Å². The summed E-state index contributed by atoms with van der Waals surface area (Å²) < 4.78 is 27.3. The van der Waals surface area contributed by atoms with E-state index < -0.39 is 10.0 Å². The Kier molecular flexibility index (Phi) is 4.09. The standard InChI is InChI=1S/C17H15N3O3S/c1-20-15-7-6-12(8-14(15)9-17(20)21)11-19-24(22,23)16-5-3-2-4-13(16)10-18/h2-8,19H,9,11H2,1H3. The van der Waals surface area contributed by atoms with Gasteiger partial charge in [-0.15, -0.1) is 0 Å². The van der Waals surface area contributed by atoms with Gasteiger partial charge in [-0.2, -0.15) is 5.26 Å². The zero-order chi connectivity index (χ0) is 17.3. The summed E-state index contributed by atoms with van der Waals surface area (Å²) in [5.41, 5.74) is 2.60. The van der Waals surface area contributed by atoms with E-state index in [1.54, 1.807) is 30.1 Å². The van der Waals surface area contributed by atoms with Gasteiger partial charge in [0.25, 0.3) is 0 Å². The number of rotatable bonds is 4. The number of amides is 1. The summed E-state index contributed by atoms with van der Waals surface area (Å²) in [5.74, 6) is 0.0191. The van der Waals surface area contributed by atoms with Gasteiger partial charge in [0, 0.05) is 19.3 Å². The lowest BCUT2D eigenvalue weighted by Gasteiger charge is -2.11. The third kappa shape index (κ3) is 2.89. The molecule has 24 heavy (non-hydrogen) atoms. The van der Waals surface area contributed by atoms with E-state index in [0.717, 1.165) is 16.8 Å². The van der Waals surface area contributed by atoms with E-state index in [4.69, 9.17) is 5.26 Å². The number of sulfonamides is 1. The number of nitriles is 1. The van der Waals surface area contributed by atoms with Crippen molar-refractivity contribution >= 4 is 21.6 Å². The van der Waals surface area contributed by atoms with E-state index in [1.807, 2.05) is 18.2 Å². The summed E-state index contributed by atoms with van der Waals surface area (Å²) >= 11 is 0. The first-order valence-electron chi connectivity index (χ1n) is 7.29. The highest BCUT2D eigenvalue weighted by atomic mass is 32.2. The highest BCUT2D eigenvalue weighted by Gasteiger charge is 2.24. The van der Waals surface area contributed by atoms with Crippen molar-refractivity contribution in [2.24, 2.45) is 0 Å². The van der Waals surface area contributed by atoms with Gasteiger partial charge in [0.1, 0.15) is 6.07 Å². The molecule has 1 aliphatic rings. The molecule has 0 saturated carbocycles. The molecule has 0 spiro atoms. The highest BCUT2D eigenvalue weighted by Crippen LogP contribution is 2.28. The molecule has 3 rings (SSSR count). The number of anilines is 1. The van der Waals surface area contributed by atoms with Crippen LogP contribution < -0.4 is 9.62 Å². The van der Waals surface area contributed by atoms with Crippen molar-refractivity contribution in [1.82, 2.24) is 4.72 Å². The van der Waals surface area contributed by atoms with Crippen LogP contribution in [0.3, 0.4) is 0 Å². The molecule has 1 heterocycles. The number of carbonyl (C=O) groups excluding carboxylic acids is 1. The number of nitrogens with one attached hydrogen (secondary N) is 1. The lowest BCUT2D eigenvalue weighted by Crippen LogP contribution is -2.24. The molecule has 1 amide bonds.